The summed E-state index contributed by atoms with van der Waals surface area (Å²) in [5.41, 5.74) is 3.57. The van der Waals surface area contributed by atoms with Crippen LogP contribution in [-0.4, -0.2) is 67.6 Å². The van der Waals surface area contributed by atoms with Crippen LogP contribution < -0.4 is 15.1 Å². The highest BCUT2D eigenvalue weighted by atomic mass is 79.9. The summed E-state index contributed by atoms with van der Waals surface area (Å²) in [5.74, 6) is 1.75. The molecule has 2 aliphatic heterocycles. The first kappa shape index (κ1) is 24.2. The van der Waals surface area contributed by atoms with Crippen molar-refractivity contribution in [1.29, 1.82) is 0 Å². The standard InChI is InChI=1S/C29H31BrN6O/c30-23-7-5-22(6-8-23)21-34-13-15-36(16-14-34)29-27-4-2-1-3-26(27)28(32-33-29)31-24-9-11-25(12-10-24)35-17-19-37-20-18-35/h1-12H,13-21H2,(H,31,32). The van der Waals surface area contributed by atoms with Crippen LogP contribution in [0.3, 0.4) is 0 Å². The highest BCUT2D eigenvalue weighted by Crippen LogP contribution is 2.31. The normalized spacial score (nSPS) is 16.8. The lowest BCUT2D eigenvalue weighted by molar-refractivity contribution is 0.122. The Bertz CT molecular complexity index is 1330. The second kappa shape index (κ2) is 11.0. The molecule has 7 nitrogen and oxygen atoms in total. The van der Waals surface area contributed by atoms with E-state index in [1.54, 1.807) is 0 Å². The number of morpholine rings is 1. The Labute approximate surface area is 226 Å². The topological polar surface area (TPSA) is 56.8 Å². The minimum atomic E-state index is 0.785. The average molecular weight is 560 g/mol. The predicted molar refractivity (Wildman–Crippen MR) is 154 cm³/mol. The van der Waals surface area contributed by atoms with E-state index >= 15 is 0 Å². The maximum absolute atomic E-state index is 5.47. The molecule has 0 unspecified atom stereocenters. The zero-order valence-electron chi connectivity index (χ0n) is 20.8. The van der Waals surface area contributed by atoms with E-state index < -0.39 is 0 Å². The van der Waals surface area contributed by atoms with Crippen molar-refractivity contribution < 1.29 is 4.74 Å². The van der Waals surface area contributed by atoms with Gasteiger partial charge in [-0.15, -0.1) is 10.2 Å². The molecule has 0 saturated carbocycles. The van der Waals surface area contributed by atoms with Gasteiger partial charge in [-0.25, -0.2) is 0 Å². The van der Waals surface area contributed by atoms with E-state index in [0.29, 0.717) is 0 Å². The lowest BCUT2D eigenvalue weighted by atomic mass is 10.1. The number of halogens is 1. The third-order valence-corrected chi connectivity index (χ3v) is 7.69. The highest BCUT2D eigenvalue weighted by molar-refractivity contribution is 9.10. The quantitative estimate of drug-likeness (QED) is 0.345. The first-order valence-corrected chi connectivity index (χ1v) is 13.7. The number of nitrogens with one attached hydrogen (secondary N) is 1. The number of anilines is 4. The molecule has 3 heterocycles. The Morgan fingerprint density at radius 1 is 0.730 bits per heavy atom. The number of ether oxygens (including phenoxy) is 1. The highest BCUT2D eigenvalue weighted by Gasteiger charge is 2.21. The van der Waals surface area contributed by atoms with E-state index in [1.807, 2.05) is 0 Å². The third kappa shape index (κ3) is 5.56. The molecule has 190 valence electrons. The molecule has 2 aliphatic rings. The summed E-state index contributed by atoms with van der Waals surface area (Å²) in [6.07, 6.45) is 0. The van der Waals surface area contributed by atoms with Crippen molar-refractivity contribution in [3.63, 3.8) is 0 Å². The van der Waals surface area contributed by atoms with Crippen LogP contribution in [0.25, 0.3) is 10.8 Å². The van der Waals surface area contributed by atoms with Crippen molar-refractivity contribution >= 4 is 49.7 Å². The van der Waals surface area contributed by atoms with Gasteiger partial charge in [0, 0.05) is 72.4 Å². The number of hydrogen-bond donors (Lipinski definition) is 1. The van der Waals surface area contributed by atoms with Gasteiger partial charge in [0.05, 0.1) is 13.2 Å². The van der Waals surface area contributed by atoms with Crippen LogP contribution in [0.4, 0.5) is 23.0 Å². The van der Waals surface area contributed by atoms with Crippen LogP contribution in [0, 0.1) is 0 Å². The molecule has 1 N–H and O–H groups in total. The smallest absolute Gasteiger partial charge is 0.161 e. The predicted octanol–water partition coefficient (Wildman–Crippen LogP) is 5.29. The van der Waals surface area contributed by atoms with Crippen molar-refractivity contribution in [2.75, 3.05) is 67.6 Å². The Kier molecular flexibility index (Phi) is 7.21. The molecule has 0 bridgehead atoms. The summed E-state index contributed by atoms with van der Waals surface area (Å²) in [6.45, 7) is 8.29. The first-order chi connectivity index (χ1) is 18.2. The third-order valence-electron chi connectivity index (χ3n) is 7.17. The molecule has 0 spiro atoms. The molecular formula is C29H31BrN6O. The number of fused-ring (bicyclic) bond motifs is 1. The Morgan fingerprint density at radius 2 is 1.43 bits per heavy atom. The van der Waals surface area contributed by atoms with Gasteiger partial charge in [0.15, 0.2) is 11.6 Å². The molecule has 37 heavy (non-hydrogen) atoms. The monoisotopic (exact) mass is 558 g/mol. The fourth-order valence-corrected chi connectivity index (χ4v) is 5.36. The lowest BCUT2D eigenvalue weighted by Crippen LogP contribution is -2.46. The molecule has 6 rings (SSSR count). The van der Waals surface area contributed by atoms with Crippen LogP contribution in [0.5, 0.6) is 0 Å². The number of piperazine rings is 1. The van der Waals surface area contributed by atoms with Crippen LogP contribution in [-0.2, 0) is 11.3 Å². The van der Waals surface area contributed by atoms with Gasteiger partial charge < -0.3 is 19.9 Å². The Hall–Kier alpha value is -3.20. The Morgan fingerprint density at radius 3 is 2.16 bits per heavy atom. The summed E-state index contributed by atoms with van der Waals surface area (Å²) in [5, 5.41) is 15.1. The zero-order valence-corrected chi connectivity index (χ0v) is 22.4. The summed E-state index contributed by atoms with van der Waals surface area (Å²) in [7, 11) is 0. The van der Waals surface area contributed by atoms with E-state index in [9.17, 15) is 0 Å². The molecule has 0 atom stereocenters. The fraction of sp³-hybridized carbons (Fsp3) is 0.310. The van der Waals surface area contributed by atoms with Gasteiger partial charge in [-0.05, 0) is 42.0 Å². The van der Waals surface area contributed by atoms with Gasteiger partial charge in [-0.1, -0.05) is 52.3 Å². The zero-order chi connectivity index (χ0) is 25.0. The van der Waals surface area contributed by atoms with Crippen LogP contribution in [0.1, 0.15) is 5.56 Å². The molecule has 3 aromatic carbocycles. The van der Waals surface area contributed by atoms with Crippen molar-refractivity contribution in [2.24, 2.45) is 0 Å². The van der Waals surface area contributed by atoms with Gasteiger partial charge in [-0.2, -0.15) is 0 Å². The van der Waals surface area contributed by atoms with Crippen LogP contribution in [0.2, 0.25) is 0 Å². The lowest BCUT2D eigenvalue weighted by Gasteiger charge is -2.35. The maximum atomic E-state index is 5.47. The molecule has 1 aromatic heterocycles. The molecule has 0 amide bonds. The molecule has 4 aromatic rings. The van der Waals surface area contributed by atoms with Crippen molar-refractivity contribution in [1.82, 2.24) is 15.1 Å². The van der Waals surface area contributed by atoms with Crippen molar-refractivity contribution in [3.05, 3.63) is 82.8 Å². The molecule has 0 aliphatic carbocycles. The molecule has 0 radical (unpaired) electrons. The molecule has 2 fully saturated rings. The summed E-state index contributed by atoms with van der Waals surface area (Å²) >= 11 is 3.52. The summed E-state index contributed by atoms with van der Waals surface area (Å²) in [4.78, 5) is 7.23. The maximum Gasteiger partial charge on any atom is 0.161 e. The number of nitrogens with zero attached hydrogens (tertiary/aromatic N) is 5. The largest absolute Gasteiger partial charge is 0.378 e. The summed E-state index contributed by atoms with van der Waals surface area (Å²) < 4.78 is 6.59. The fourth-order valence-electron chi connectivity index (χ4n) is 5.10. The van der Waals surface area contributed by atoms with Gasteiger partial charge in [0.25, 0.3) is 0 Å². The van der Waals surface area contributed by atoms with E-state index in [2.05, 4.69) is 114 Å². The Balaban J connectivity index is 1.15. The van der Waals surface area contributed by atoms with Crippen LogP contribution in [0.15, 0.2) is 77.3 Å². The summed E-state index contributed by atoms with van der Waals surface area (Å²) in [6, 6.07) is 25.6. The van der Waals surface area contributed by atoms with Gasteiger partial charge >= 0.3 is 0 Å². The van der Waals surface area contributed by atoms with E-state index in [1.165, 1.54) is 11.3 Å². The van der Waals surface area contributed by atoms with Crippen molar-refractivity contribution in [3.8, 4) is 0 Å². The number of hydrogen-bond acceptors (Lipinski definition) is 7. The van der Waals surface area contributed by atoms with E-state index in [0.717, 1.165) is 91.6 Å². The number of benzene rings is 3. The minimum absolute atomic E-state index is 0.785. The van der Waals surface area contributed by atoms with Gasteiger partial charge in [0.2, 0.25) is 0 Å². The first-order valence-electron chi connectivity index (χ1n) is 12.9. The average Bonchev–Trinajstić information content (AvgIpc) is 2.96. The van der Waals surface area contributed by atoms with Crippen molar-refractivity contribution in [2.45, 2.75) is 6.54 Å². The minimum Gasteiger partial charge on any atom is -0.378 e. The second-order valence-electron chi connectivity index (χ2n) is 9.58. The van der Waals surface area contributed by atoms with E-state index in [-0.39, 0.29) is 0 Å². The van der Waals surface area contributed by atoms with Crippen LogP contribution >= 0.6 is 15.9 Å². The molecular weight excluding hydrogens is 528 g/mol. The molecule has 8 heteroatoms. The van der Waals surface area contributed by atoms with E-state index in [4.69, 9.17) is 9.84 Å². The van der Waals surface area contributed by atoms with Gasteiger partial charge in [-0.3, -0.25) is 4.90 Å². The molecule has 2 saturated heterocycles. The number of aromatic nitrogens is 2. The second-order valence-corrected chi connectivity index (χ2v) is 10.5. The number of rotatable bonds is 6. The van der Waals surface area contributed by atoms with Gasteiger partial charge in [0.1, 0.15) is 0 Å². The SMILES string of the molecule is Brc1ccc(CN2CCN(c3nnc(Nc4ccc(N5CCOCC5)cc4)c4ccccc34)CC2)cc1.